The normalized spacial score (nSPS) is 16.1. The number of carbonyl (C=O) groups is 1. The van der Waals surface area contributed by atoms with Crippen LogP contribution in [0, 0.1) is 19.8 Å². The van der Waals surface area contributed by atoms with Gasteiger partial charge in [0.1, 0.15) is 0 Å². The van der Waals surface area contributed by atoms with Crippen molar-refractivity contribution in [3.8, 4) is 11.3 Å². The Morgan fingerprint density at radius 2 is 1.94 bits per heavy atom. The van der Waals surface area contributed by atoms with E-state index in [2.05, 4.69) is 25.4 Å². The van der Waals surface area contributed by atoms with Crippen LogP contribution in [0.3, 0.4) is 0 Å². The van der Waals surface area contributed by atoms with Gasteiger partial charge in [0.25, 0.3) is 5.56 Å². The highest BCUT2D eigenvalue weighted by Crippen LogP contribution is 2.23. The summed E-state index contributed by atoms with van der Waals surface area (Å²) in [6, 6.07) is 13.9. The molecule has 3 aromatic rings. The number of hydrogen-bond donors (Lipinski definition) is 1. The number of benzene rings is 1. The van der Waals surface area contributed by atoms with Crippen LogP contribution in [0.15, 0.2) is 53.6 Å². The maximum absolute atomic E-state index is 12.7. The molecule has 166 valence electrons. The van der Waals surface area contributed by atoms with E-state index in [0.717, 1.165) is 42.2 Å². The van der Waals surface area contributed by atoms with Gasteiger partial charge in [0.2, 0.25) is 5.91 Å². The summed E-state index contributed by atoms with van der Waals surface area (Å²) in [7, 11) is 0. The Labute approximate surface area is 187 Å². The van der Waals surface area contributed by atoms with E-state index in [-0.39, 0.29) is 17.4 Å². The van der Waals surface area contributed by atoms with Gasteiger partial charge >= 0.3 is 0 Å². The number of piperidine rings is 1. The molecule has 1 fully saturated rings. The second-order valence-electron chi connectivity index (χ2n) is 8.17. The first-order valence-corrected chi connectivity index (χ1v) is 11.0. The number of nitrogens with zero attached hydrogens (tertiary/aromatic N) is 5. The molecule has 1 aromatic carbocycles. The van der Waals surface area contributed by atoms with Crippen LogP contribution in [0.5, 0.6) is 0 Å². The molecule has 1 N–H and O–H groups in total. The minimum atomic E-state index is -0.117. The van der Waals surface area contributed by atoms with Crippen molar-refractivity contribution in [2.45, 2.75) is 33.2 Å². The van der Waals surface area contributed by atoms with E-state index >= 15 is 0 Å². The highest BCUT2D eigenvalue weighted by molar-refractivity contribution is 5.79. The molecule has 0 aliphatic carbocycles. The molecule has 0 saturated carbocycles. The summed E-state index contributed by atoms with van der Waals surface area (Å²) in [6.07, 6.45) is 3.29. The van der Waals surface area contributed by atoms with Crippen molar-refractivity contribution in [3.63, 3.8) is 0 Å². The summed E-state index contributed by atoms with van der Waals surface area (Å²) >= 11 is 0. The molecule has 3 heterocycles. The molecule has 0 bridgehead atoms. The molecular formula is C24H28N6O2. The molecule has 4 rings (SSSR count). The van der Waals surface area contributed by atoms with Crippen molar-refractivity contribution in [1.82, 2.24) is 25.1 Å². The Balaban J connectivity index is 1.33. The monoisotopic (exact) mass is 432 g/mol. The van der Waals surface area contributed by atoms with E-state index in [0.29, 0.717) is 25.2 Å². The second kappa shape index (κ2) is 9.72. The van der Waals surface area contributed by atoms with Crippen LogP contribution in [0.4, 0.5) is 5.82 Å². The summed E-state index contributed by atoms with van der Waals surface area (Å²) in [5.74, 6) is 0.678. The predicted molar refractivity (Wildman–Crippen MR) is 123 cm³/mol. The molecule has 1 aliphatic rings. The van der Waals surface area contributed by atoms with Gasteiger partial charge in [-0.1, -0.05) is 30.3 Å². The van der Waals surface area contributed by atoms with Crippen LogP contribution in [0.25, 0.3) is 11.3 Å². The molecule has 0 spiro atoms. The Morgan fingerprint density at radius 3 is 2.69 bits per heavy atom. The average molecular weight is 433 g/mol. The number of anilines is 1. The number of carbonyl (C=O) groups excluding carboxylic acids is 1. The number of amides is 1. The molecule has 1 aliphatic heterocycles. The lowest BCUT2D eigenvalue weighted by molar-refractivity contribution is -0.125. The number of hydrogen-bond acceptors (Lipinski definition) is 6. The van der Waals surface area contributed by atoms with Crippen LogP contribution in [0.2, 0.25) is 0 Å². The van der Waals surface area contributed by atoms with E-state index in [1.807, 2.05) is 49.4 Å². The van der Waals surface area contributed by atoms with E-state index in [1.165, 1.54) is 6.33 Å². The molecule has 1 atom stereocenters. The largest absolute Gasteiger partial charge is 0.354 e. The van der Waals surface area contributed by atoms with Crippen molar-refractivity contribution in [2.24, 2.45) is 5.92 Å². The van der Waals surface area contributed by atoms with Crippen LogP contribution >= 0.6 is 0 Å². The zero-order valence-electron chi connectivity index (χ0n) is 18.5. The fourth-order valence-electron chi connectivity index (χ4n) is 3.93. The number of aromatic nitrogens is 4. The van der Waals surface area contributed by atoms with Crippen LogP contribution in [-0.2, 0) is 11.3 Å². The SMILES string of the molecule is Cc1ncn(CCNC(=O)C2CCCN(c3ccc(-c4ccccc4)nn3)C2)c(=O)c1C. The zero-order chi connectivity index (χ0) is 22.5. The van der Waals surface area contributed by atoms with Gasteiger partial charge in [0.15, 0.2) is 5.82 Å². The maximum Gasteiger partial charge on any atom is 0.256 e. The predicted octanol–water partition coefficient (Wildman–Crippen LogP) is 2.35. The van der Waals surface area contributed by atoms with Crippen LogP contribution in [0.1, 0.15) is 24.1 Å². The van der Waals surface area contributed by atoms with Gasteiger partial charge in [-0.3, -0.25) is 14.2 Å². The van der Waals surface area contributed by atoms with E-state index in [9.17, 15) is 9.59 Å². The van der Waals surface area contributed by atoms with Crippen molar-refractivity contribution < 1.29 is 4.79 Å². The highest BCUT2D eigenvalue weighted by Gasteiger charge is 2.26. The molecule has 8 nitrogen and oxygen atoms in total. The first kappa shape index (κ1) is 21.7. The van der Waals surface area contributed by atoms with E-state index < -0.39 is 0 Å². The summed E-state index contributed by atoms with van der Waals surface area (Å²) < 4.78 is 1.54. The van der Waals surface area contributed by atoms with Gasteiger partial charge in [-0.2, -0.15) is 0 Å². The molecule has 1 saturated heterocycles. The molecule has 1 unspecified atom stereocenters. The number of rotatable bonds is 6. The lowest BCUT2D eigenvalue weighted by Gasteiger charge is -2.32. The Kier molecular flexibility index (Phi) is 6.58. The maximum atomic E-state index is 12.7. The highest BCUT2D eigenvalue weighted by atomic mass is 16.2. The number of nitrogens with one attached hydrogen (secondary N) is 1. The van der Waals surface area contributed by atoms with E-state index in [1.54, 1.807) is 11.5 Å². The summed E-state index contributed by atoms with van der Waals surface area (Å²) in [4.78, 5) is 31.4. The lowest BCUT2D eigenvalue weighted by Crippen LogP contribution is -2.44. The minimum Gasteiger partial charge on any atom is -0.354 e. The standard InChI is InChI=1S/C24H28N6O2/c1-17-18(2)26-16-30(24(17)32)14-12-25-23(31)20-9-6-13-29(15-20)22-11-10-21(27-28-22)19-7-4-3-5-8-19/h3-5,7-8,10-11,16,20H,6,9,12-15H2,1-2H3,(H,25,31). The Hall–Kier alpha value is -3.55. The fraction of sp³-hybridized carbons (Fsp3) is 0.375. The van der Waals surface area contributed by atoms with Gasteiger partial charge in [-0.05, 0) is 38.8 Å². The third-order valence-electron chi connectivity index (χ3n) is 6.00. The van der Waals surface area contributed by atoms with Crippen molar-refractivity contribution in [1.29, 1.82) is 0 Å². The van der Waals surface area contributed by atoms with Gasteiger partial charge in [-0.15, -0.1) is 10.2 Å². The van der Waals surface area contributed by atoms with Crippen molar-refractivity contribution >= 4 is 11.7 Å². The Morgan fingerprint density at radius 1 is 1.12 bits per heavy atom. The third-order valence-corrected chi connectivity index (χ3v) is 6.00. The van der Waals surface area contributed by atoms with Gasteiger partial charge in [0, 0.05) is 43.0 Å². The van der Waals surface area contributed by atoms with Crippen molar-refractivity contribution in [2.75, 3.05) is 24.5 Å². The topological polar surface area (TPSA) is 93.0 Å². The third kappa shape index (κ3) is 4.85. The number of aryl methyl sites for hydroxylation is 1. The van der Waals surface area contributed by atoms with Gasteiger partial charge in [-0.25, -0.2) is 4.98 Å². The van der Waals surface area contributed by atoms with Crippen LogP contribution < -0.4 is 15.8 Å². The van der Waals surface area contributed by atoms with Gasteiger partial charge in [0.05, 0.1) is 17.9 Å². The first-order valence-electron chi connectivity index (χ1n) is 11.0. The Bertz CT molecular complexity index is 1130. The fourth-order valence-corrected chi connectivity index (χ4v) is 3.93. The second-order valence-corrected chi connectivity index (χ2v) is 8.17. The zero-order valence-corrected chi connectivity index (χ0v) is 18.5. The minimum absolute atomic E-state index is 0.00778. The molecule has 8 heteroatoms. The van der Waals surface area contributed by atoms with Gasteiger partial charge < -0.3 is 10.2 Å². The van der Waals surface area contributed by atoms with Crippen LogP contribution in [-0.4, -0.2) is 45.3 Å². The molecule has 1 amide bonds. The quantitative estimate of drug-likeness (QED) is 0.643. The first-order chi connectivity index (χ1) is 15.5. The molecule has 0 radical (unpaired) electrons. The molecule has 32 heavy (non-hydrogen) atoms. The van der Waals surface area contributed by atoms with Crippen molar-refractivity contribution in [3.05, 3.63) is 70.4 Å². The van der Waals surface area contributed by atoms with E-state index in [4.69, 9.17) is 0 Å². The smallest absolute Gasteiger partial charge is 0.256 e. The molecular weight excluding hydrogens is 404 g/mol. The summed E-state index contributed by atoms with van der Waals surface area (Å²) in [5.41, 5.74) is 3.17. The molecule has 2 aromatic heterocycles. The average Bonchev–Trinajstić information content (AvgIpc) is 2.84. The summed E-state index contributed by atoms with van der Waals surface area (Å²) in [5, 5.41) is 11.7. The lowest BCUT2D eigenvalue weighted by atomic mass is 9.97. The summed E-state index contributed by atoms with van der Waals surface area (Å²) in [6.45, 7) is 5.85.